The lowest BCUT2D eigenvalue weighted by molar-refractivity contribution is 0.0562. The van der Waals surface area contributed by atoms with Crippen LogP contribution in [0.15, 0.2) is 16.5 Å². The molecule has 15 heavy (non-hydrogen) atoms. The monoisotopic (exact) mass is 209 g/mol. The quantitative estimate of drug-likeness (QED) is 0.769. The Morgan fingerprint density at radius 2 is 2.33 bits per heavy atom. The van der Waals surface area contributed by atoms with Crippen LogP contribution in [0.5, 0.6) is 0 Å². The molecule has 2 rings (SSSR count). The highest BCUT2D eigenvalue weighted by molar-refractivity contribution is 5.86. The highest BCUT2D eigenvalue weighted by Crippen LogP contribution is 2.24. The number of ether oxygens (including phenoxy) is 1. The van der Waals surface area contributed by atoms with Crippen LogP contribution in [0.2, 0.25) is 0 Å². The number of hydrogen-bond donors (Lipinski definition) is 1. The van der Waals surface area contributed by atoms with E-state index in [0.717, 1.165) is 5.76 Å². The molecule has 0 aromatic carbocycles. The Bertz CT molecular complexity index is 354. The molecule has 0 spiro atoms. The van der Waals surface area contributed by atoms with Gasteiger partial charge in [0.25, 0.3) is 0 Å². The summed E-state index contributed by atoms with van der Waals surface area (Å²) in [5, 5.41) is 3.39. The highest BCUT2D eigenvalue weighted by atomic mass is 16.5. The third kappa shape index (κ3) is 2.39. The van der Waals surface area contributed by atoms with E-state index < -0.39 is 5.97 Å². The molecule has 82 valence electrons. The Morgan fingerprint density at radius 1 is 1.60 bits per heavy atom. The van der Waals surface area contributed by atoms with Crippen LogP contribution in [0.4, 0.5) is 0 Å². The normalized spacial score (nSPS) is 17.5. The van der Waals surface area contributed by atoms with Crippen LogP contribution in [0.3, 0.4) is 0 Å². The fraction of sp³-hybridized carbons (Fsp3) is 0.545. The van der Waals surface area contributed by atoms with Gasteiger partial charge in [0.1, 0.15) is 5.76 Å². The lowest BCUT2D eigenvalue weighted by Crippen LogP contribution is -2.20. The Labute approximate surface area is 88.6 Å². The molecule has 1 unspecified atom stereocenters. The van der Waals surface area contributed by atoms with Crippen molar-refractivity contribution in [2.75, 3.05) is 7.11 Å². The van der Waals surface area contributed by atoms with Gasteiger partial charge in [-0.1, -0.05) is 0 Å². The second-order valence-electron chi connectivity index (χ2n) is 3.86. The van der Waals surface area contributed by atoms with Gasteiger partial charge in [0.15, 0.2) is 0 Å². The SMILES string of the molecule is COC(=O)c1ccc(C(C)NC2CC2)o1. The van der Waals surface area contributed by atoms with Gasteiger partial charge in [-0.2, -0.15) is 0 Å². The van der Waals surface area contributed by atoms with Gasteiger partial charge in [-0.15, -0.1) is 0 Å². The summed E-state index contributed by atoms with van der Waals surface area (Å²) in [6, 6.07) is 4.22. The Balaban J connectivity index is 2.01. The summed E-state index contributed by atoms with van der Waals surface area (Å²) in [5.41, 5.74) is 0. The van der Waals surface area contributed by atoms with Crippen LogP contribution in [0, 0.1) is 0 Å². The third-order valence-corrected chi connectivity index (χ3v) is 2.50. The van der Waals surface area contributed by atoms with Crippen LogP contribution >= 0.6 is 0 Å². The molecule has 0 aliphatic heterocycles. The predicted molar refractivity (Wildman–Crippen MR) is 54.6 cm³/mol. The minimum absolute atomic E-state index is 0.149. The maximum absolute atomic E-state index is 11.1. The van der Waals surface area contributed by atoms with Crippen molar-refractivity contribution in [3.8, 4) is 0 Å². The van der Waals surface area contributed by atoms with E-state index >= 15 is 0 Å². The van der Waals surface area contributed by atoms with E-state index in [2.05, 4.69) is 10.1 Å². The van der Waals surface area contributed by atoms with E-state index in [1.54, 1.807) is 6.07 Å². The standard InChI is InChI=1S/C11H15NO3/c1-7(12-8-3-4-8)9-5-6-10(15-9)11(13)14-2/h5-8,12H,3-4H2,1-2H3. The summed E-state index contributed by atoms with van der Waals surface area (Å²) in [4.78, 5) is 11.1. The molecule has 1 fully saturated rings. The van der Waals surface area contributed by atoms with E-state index in [9.17, 15) is 4.79 Å². The second-order valence-corrected chi connectivity index (χ2v) is 3.86. The molecule has 1 heterocycles. The Kier molecular flexibility index (Phi) is 2.77. The van der Waals surface area contributed by atoms with Gasteiger partial charge in [-0.25, -0.2) is 4.79 Å². The van der Waals surface area contributed by atoms with E-state index in [4.69, 9.17) is 4.42 Å². The largest absolute Gasteiger partial charge is 0.463 e. The maximum atomic E-state index is 11.1. The summed E-state index contributed by atoms with van der Waals surface area (Å²) in [5.74, 6) is 0.610. The topological polar surface area (TPSA) is 51.5 Å². The van der Waals surface area contributed by atoms with Gasteiger partial charge < -0.3 is 14.5 Å². The van der Waals surface area contributed by atoms with Gasteiger partial charge in [0, 0.05) is 6.04 Å². The first-order valence-corrected chi connectivity index (χ1v) is 5.15. The molecule has 1 aliphatic rings. The van der Waals surface area contributed by atoms with Crippen LogP contribution < -0.4 is 5.32 Å². The zero-order chi connectivity index (χ0) is 10.8. The number of esters is 1. The maximum Gasteiger partial charge on any atom is 0.373 e. The molecule has 1 saturated carbocycles. The molecule has 0 radical (unpaired) electrons. The van der Waals surface area contributed by atoms with Crippen molar-refractivity contribution in [1.29, 1.82) is 0 Å². The summed E-state index contributed by atoms with van der Waals surface area (Å²) in [7, 11) is 1.34. The van der Waals surface area contributed by atoms with Gasteiger partial charge in [0.05, 0.1) is 13.2 Å². The molecule has 1 aliphatic carbocycles. The van der Waals surface area contributed by atoms with Crippen molar-refractivity contribution >= 4 is 5.97 Å². The first-order chi connectivity index (χ1) is 7.20. The zero-order valence-electron chi connectivity index (χ0n) is 8.95. The number of hydrogen-bond acceptors (Lipinski definition) is 4. The number of carbonyl (C=O) groups excluding carboxylic acids is 1. The minimum Gasteiger partial charge on any atom is -0.463 e. The van der Waals surface area contributed by atoms with Crippen LogP contribution in [-0.4, -0.2) is 19.1 Å². The average Bonchev–Trinajstić information content (AvgIpc) is 2.91. The number of nitrogens with one attached hydrogen (secondary N) is 1. The summed E-state index contributed by atoms with van der Waals surface area (Å²) in [6.07, 6.45) is 2.46. The number of methoxy groups -OCH3 is 1. The lowest BCUT2D eigenvalue weighted by Gasteiger charge is -2.09. The smallest absolute Gasteiger partial charge is 0.373 e. The fourth-order valence-corrected chi connectivity index (χ4v) is 1.48. The number of rotatable bonds is 4. The molecular formula is C11H15NO3. The number of carbonyl (C=O) groups is 1. The van der Waals surface area contributed by atoms with Crippen molar-refractivity contribution in [3.05, 3.63) is 23.7 Å². The van der Waals surface area contributed by atoms with Gasteiger partial charge >= 0.3 is 5.97 Å². The van der Waals surface area contributed by atoms with Gasteiger partial charge in [-0.3, -0.25) is 0 Å². The first-order valence-electron chi connectivity index (χ1n) is 5.15. The highest BCUT2D eigenvalue weighted by Gasteiger charge is 2.25. The van der Waals surface area contributed by atoms with E-state index in [1.807, 2.05) is 13.0 Å². The lowest BCUT2D eigenvalue weighted by atomic mass is 10.2. The summed E-state index contributed by atoms with van der Waals surface area (Å²) < 4.78 is 9.96. The molecule has 0 bridgehead atoms. The molecule has 4 nitrogen and oxygen atoms in total. The predicted octanol–water partition coefficient (Wildman–Crippen LogP) is 1.88. The Hall–Kier alpha value is -1.29. The molecule has 1 aromatic rings. The van der Waals surface area contributed by atoms with Gasteiger partial charge in [-0.05, 0) is 31.9 Å². The van der Waals surface area contributed by atoms with Crippen molar-refractivity contribution in [2.45, 2.75) is 31.8 Å². The minimum atomic E-state index is -0.431. The molecule has 4 heteroatoms. The van der Waals surface area contributed by atoms with Crippen molar-refractivity contribution in [2.24, 2.45) is 0 Å². The fourth-order valence-electron chi connectivity index (χ4n) is 1.48. The van der Waals surface area contributed by atoms with Crippen LogP contribution in [0.1, 0.15) is 42.1 Å². The van der Waals surface area contributed by atoms with Crippen molar-refractivity contribution in [1.82, 2.24) is 5.32 Å². The zero-order valence-corrected chi connectivity index (χ0v) is 8.95. The third-order valence-electron chi connectivity index (χ3n) is 2.50. The molecular weight excluding hydrogens is 194 g/mol. The van der Waals surface area contributed by atoms with Crippen LogP contribution in [-0.2, 0) is 4.74 Å². The molecule has 1 atom stereocenters. The van der Waals surface area contributed by atoms with Crippen molar-refractivity contribution < 1.29 is 13.9 Å². The summed E-state index contributed by atoms with van der Waals surface area (Å²) >= 11 is 0. The molecule has 1 aromatic heterocycles. The second kappa shape index (κ2) is 4.06. The van der Waals surface area contributed by atoms with Crippen molar-refractivity contribution in [3.63, 3.8) is 0 Å². The number of furan rings is 1. The molecule has 1 N–H and O–H groups in total. The van der Waals surface area contributed by atoms with E-state index in [1.165, 1.54) is 20.0 Å². The van der Waals surface area contributed by atoms with E-state index in [0.29, 0.717) is 6.04 Å². The molecule has 0 saturated heterocycles. The van der Waals surface area contributed by atoms with Crippen LogP contribution in [0.25, 0.3) is 0 Å². The summed E-state index contributed by atoms with van der Waals surface area (Å²) in [6.45, 7) is 2.03. The first kappa shape index (κ1) is 10.2. The Morgan fingerprint density at radius 3 is 2.93 bits per heavy atom. The van der Waals surface area contributed by atoms with E-state index in [-0.39, 0.29) is 11.8 Å². The molecule has 0 amide bonds. The van der Waals surface area contributed by atoms with Gasteiger partial charge in [0.2, 0.25) is 5.76 Å². The average molecular weight is 209 g/mol.